The van der Waals surface area contributed by atoms with Crippen LogP contribution < -0.4 is 0 Å². The summed E-state index contributed by atoms with van der Waals surface area (Å²) >= 11 is 0. The number of rotatable bonds is 18. The Morgan fingerprint density at radius 2 is 1.27 bits per heavy atom. The third kappa shape index (κ3) is 7.43. The molecular weight excluding hydrogens is 649 g/mol. The molecule has 0 bridgehead atoms. The van der Waals surface area contributed by atoms with Crippen molar-refractivity contribution >= 4 is 20.3 Å². The van der Waals surface area contributed by atoms with Crippen molar-refractivity contribution in [3.05, 3.63) is 0 Å². The monoisotopic (exact) mass is 733 g/mol. The van der Waals surface area contributed by atoms with Crippen LogP contribution in [0.15, 0.2) is 0 Å². The molecule has 3 rings (SSSR count). The van der Waals surface area contributed by atoms with Crippen LogP contribution >= 0.6 is 0 Å². The molecule has 0 amide bonds. The van der Waals surface area contributed by atoms with Gasteiger partial charge in [0.05, 0.1) is 14.2 Å². The molecule has 4 atom stereocenters. The molecule has 0 saturated heterocycles. The van der Waals surface area contributed by atoms with E-state index < -0.39 is 26.2 Å². The van der Waals surface area contributed by atoms with E-state index in [1.54, 1.807) is 0 Å². The Labute approximate surface area is 317 Å². The molecule has 3 fully saturated rings. The first-order chi connectivity index (χ1) is 23.1. The van der Waals surface area contributed by atoms with Gasteiger partial charge >= 0.3 is 11.9 Å². The number of fused-ring (bicyclic) bond motifs is 1. The van der Waals surface area contributed by atoms with Gasteiger partial charge in [-0.2, -0.15) is 0 Å². The van der Waals surface area contributed by atoms with Crippen LogP contribution in [0.4, 0.5) is 0 Å². The fourth-order valence-corrected chi connectivity index (χ4v) is 15.0. The molecule has 0 heterocycles. The van der Waals surface area contributed by atoms with E-state index in [1.807, 2.05) is 0 Å². The highest BCUT2D eigenvalue weighted by Gasteiger charge is 2.66. The minimum atomic E-state index is -2.28. The second-order valence-corrected chi connectivity index (χ2v) is 26.3. The Kier molecular flexibility index (Phi) is 13.1. The lowest BCUT2D eigenvalue weighted by atomic mass is 9.40. The summed E-state index contributed by atoms with van der Waals surface area (Å²) in [6, 6.07) is 0. The average molecular weight is 733 g/mol. The third-order valence-electron chi connectivity index (χ3n) is 18.9. The van der Waals surface area contributed by atoms with E-state index in [2.05, 4.69) is 110 Å². The highest BCUT2D eigenvalue weighted by atomic mass is 28.4. The number of unbranched alkanes of at least 4 members (excludes halogenated alkanes) is 2. The standard InChI is InChI=1S/C45H84O5Si/c1-19-20-21-27-38(2,3)39(4,5)40(6,7)41(8,9)42(10,11)43(12,13)51(17,18)50-34-23-22-28-44(14)33(34)24-25-35(44)45(30-31-45)29-26-32(36(46)48-15)37(47)49-16/h32-35H,19-31H2,1-18H3/t33?,34-,35?,44-/m0/s1. The van der Waals surface area contributed by atoms with Gasteiger partial charge in [-0.25, -0.2) is 0 Å². The van der Waals surface area contributed by atoms with Crippen molar-refractivity contribution in [2.24, 2.45) is 55.7 Å². The second kappa shape index (κ2) is 15.0. The van der Waals surface area contributed by atoms with Gasteiger partial charge in [0.2, 0.25) is 0 Å². The van der Waals surface area contributed by atoms with Crippen molar-refractivity contribution in [2.45, 2.75) is 205 Å². The second-order valence-electron chi connectivity index (χ2n) is 21.8. The van der Waals surface area contributed by atoms with E-state index >= 15 is 0 Å². The lowest BCUT2D eigenvalue weighted by molar-refractivity contribution is -0.159. The van der Waals surface area contributed by atoms with Crippen LogP contribution in [0.25, 0.3) is 0 Å². The minimum absolute atomic E-state index is 0.0000591. The van der Waals surface area contributed by atoms with Gasteiger partial charge in [0.1, 0.15) is 0 Å². The van der Waals surface area contributed by atoms with E-state index in [1.165, 1.54) is 78.4 Å². The molecule has 51 heavy (non-hydrogen) atoms. The molecule has 0 N–H and O–H groups in total. The predicted octanol–water partition coefficient (Wildman–Crippen LogP) is 12.8. The number of carbonyl (C=O) groups is 2. The number of ether oxygens (including phenoxy) is 2. The molecule has 5 nitrogen and oxygen atoms in total. The molecule has 298 valence electrons. The molecule has 3 saturated carbocycles. The van der Waals surface area contributed by atoms with E-state index in [4.69, 9.17) is 13.9 Å². The zero-order chi connectivity index (χ0) is 39.3. The van der Waals surface area contributed by atoms with Gasteiger partial charge in [-0.15, -0.1) is 0 Å². The quantitative estimate of drug-likeness (QED) is 0.0608. The summed E-state index contributed by atoms with van der Waals surface area (Å²) in [6.07, 6.45) is 15.3. The molecule has 0 aliphatic heterocycles. The van der Waals surface area contributed by atoms with Crippen LogP contribution in [-0.4, -0.2) is 40.6 Å². The first-order valence-corrected chi connectivity index (χ1v) is 23.9. The normalized spacial score (nSPS) is 26.2. The maximum Gasteiger partial charge on any atom is 0.320 e. The van der Waals surface area contributed by atoms with Gasteiger partial charge in [0, 0.05) is 6.10 Å². The number of methoxy groups -OCH3 is 2. The molecule has 0 aromatic rings. The van der Waals surface area contributed by atoms with Crippen LogP contribution in [0.1, 0.15) is 180 Å². The molecule has 0 aromatic carbocycles. The lowest BCUT2D eigenvalue weighted by Gasteiger charge is -2.67. The van der Waals surface area contributed by atoms with E-state index in [9.17, 15) is 9.59 Å². The largest absolute Gasteiger partial charge is 0.468 e. The Morgan fingerprint density at radius 3 is 1.76 bits per heavy atom. The third-order valence-corrected chi connectivity index (χ3v) is 23.4. The Morgan fingerprint density at radius 1 is 0.745 bits per heavy atom. The number of carbonyl (C=O) groups excluding carboxylic acids is 2. The molecule has 0 spiro atoms. The molecule has 3 aliphatic carbocycles. The van der Waals surface area contributed by atoms with Crippen molar-refractivity contribution in [3.8, 4) is 0 Å². The Balaban J connectivity index is 1.86. The van der Waals surface area contributed by atoms with Gasteiger partial charge in [0.15, 0.2) is 14.2 Å². The summed E-state index contributed by atoms with van der Waals surface area (Å²) in [5, 5.41) is 0.00353. The molecular formula is C45H84O5Si. The fraction of sp³-hybridized carbons (Fsp3) is 0.956. The van der Waals surface area contributed by atoms with Gasteiger partial charge in [-0.1, -0.05) is 123 Å². The van der Waals surface area contributed by atoms with Crippen molar-refractivity contribution < 1.29 is 23.5 Å². The lowest BCUT2D eigenvalue weighted by Crippen LogP contribution is -2.63. The van der Waals surface area contributed by atoms with Gasteiger partial charge < -0.3 is 13.9 Å². The number of esters is 2. The van der Waals surface area contributed by atoms with E-state index in [-0.39, 0.29) is 42.9 Å². The number of hydrogen-bond donors (Lipinski definition) is 0. The summed E-state index contributed by atoms with van der Waals surface area (Å²) in [7, 11) is 0.441. The van der Waals surface area contributed by atoms with Crippen LogP contribution in [0.3, 0.4) is 0 Å². The summed E-state index contributed by atoms with van der Waals surface area (Å²) in [4.78, 5) is 25.0. The summed E-state index contributed by atoms with van der Waals surface area (Å²) in [5.41, 5.74) is 0.858. The van der Waals surface area contributed by atoms with Crippen LogP contribution in [0, 0.1) is 55.7 Å². The zero-order valence-electron chi connectivity index (χ0n) is 37.0. The topological polar surface area (TPSA) is 61.8 Å². The number of hydrogen-bond acceptors (Lipinski definition) is 5. The Hall–Kier alpha value is -0.883. The van der Waals surface area contributed by atoms with Crippen LogP contribution in [-0.2, 0) is 23.5 Å². The highest BCUT2D eigenvalue weighted by Crippen LogP contribution is 2.73. The van der Waals surface area contributed by atoms with Gasteiger partial charge in [-0.3, -0.25) is 9.59 Å². The first-order valence-electron chi connectivity index (χ1n) is 21.0. The maximum atomic E-state index is 12.5. The van der Waals surface area contributed by atoms with Crippen molar-refractivity contribution in [2.75, 3.05) is 14.2 Å². The first kappa shape index (κ1) is 44.5. The van der Waals surface area contributed by atoms with Crippen molar-refractivity contribution in [3.63, 3.8) is 0 Å². The van der Waals surface area contributed by atoms with Crippen LogP contribution in [0.2, 0.25) is 18.1 Å². The maximum absolute atomic E-state index is 12.5. The SMILES string of the molecule is CCCCCC(C)(C)C(C)(C)C(C)(C)C(C)(C)C(C)(C)C(C)(C)[Si](C)(C)O[C@H]1CCC[C@@]2(C)C1CCC2C1(CCC(C(=O)OC)C(=O)OC)CC1. The van der Waals surface area contributed by atoms with Crippen molar-refractivity contribution in [1.29, 1.82) is 0 Å². The Bertz CT molecular complexity index is 1200. The van der Waals surface area contributed by atoms with Gasteiger partial charge in [-0.05, 0) is 126 Å². The van der Waals surface area contributed by atoms with Crippen LogP contribution in [0.5, 0.6) is 0 Å². The predicted molar refractivity (Wildman–Crippen MR) is 216 cm³/mol. The molecule has 0 aromatic heterocycles. The molecule has 2 unspecified atom stereocenters. The van der Waals surface area contributed by atoms with Crippen molar-refractivity contribution in [1.82, 2.24) is 0 Å². The molecule has 0 radical (unpaired) electrons. The zero-order valence-corrected chi connectivity index (χ0v) is 38.0. The van der Waals surface area contributed by atoms with E-state index in [0.717, 1.165) is 12.8 Å². The fourth-order valence-electron chi connectivity index (χ4n) is 11.8. The minimum Gasteiger partial charge on any atom is -0.468 e. The van der Waals surface area contributed by atoms with Gasteiger partial charge in [0.25, 0.3) is 0 Å². The molecule has 6 heteroatoms. The summed E-state index contributed by atoms with van der Waals surface area (Å²) in [6.45, 7) is 40.6. The average Bonchev–Trinajstić information content (AvgIpc) is 3.72. The smallest absolute Gasteiger partial charge is 0.320 e. The molecule has 3 aliphatic rings. The summed E-state index contributed by atoms with van der Waals surface area (Å²) < 4.78 is 17.7. The summed E-state index contributed by atoms with van der Waals surface area (Å²) in [5.74, 6) is -0.599. The van der Waals surface area contributed by atoms with E-state index in [0.29, 0.717) is 24.4 Å². The highest BCUT2D eigenvalue weighted by molar-refractivity contribution is 6.74.